The highest BCUT2D eigenvalue weighted by atomic mass is 19.4. The van der Waals surface area contributed by atoms with Crippen molar-refractivity contribution in [2.75, 3.05) is 32.7 Å². The fourth-order valence-corrected chi connectivity index (χ4v) is 3.13. The molecule has 1 aliphatic heterocycles. The van der Waals surface area contributed by atoms with Crippen molar-refractivity contribution in [1.82, 2.24) is 15.1 Å². The van der Waals surface area contributed by atoms with Gasteiger partial charge in [0.2, 0.25) is 5.91 Å². The van der Waals surface area contributed by atoms with Crippen LogP contribution in [0.1, 0.15) is 22.3 Å². The Hall–Kier alpha value is -3.47. The quantitative estimate of drug-likeness (QED) is 0.617. The van der Waals surface area contributed by atoms with Crippen molar-refractivity contribution < 1.29 is 37.1 Å². The molecule has 184 valence electrons. The van der Waals surface area contributed by atoms with Gasteiger partial charge in [0.15, 0.2) is 0 Å². The van der Waals surface area contributed by atoms with Crippen molar-refractivity contribution >= 4 is 17.8 Å². The Kier molecular flexibility index (Phi) is 9.99. The first kappa shape index (κ1) is 26.8. The first-order valence-electron chi connectivity index (χ1n) is 10.5. The molecule has 0 aromatic heterocycles. The summed E-state index contributed by atoms with van der Waals surface area (Å²) in [5.41, 5.74) is 1.41. The second-order valence-electron chi connectivity index (χ2n) is 7.40. The molecule has 0 unspecified atom stereocenters. The maximum Gasteiger partial charge on any atom is 0.490 e. The number of piperazine rings is 1. The SMILES string of the molecule is O=C(CCN(Cc1ccc(F)cc1)C(=O)c1ccccc1)N1CCNCC1.O=C(O)C(F)(F)F. The molecule has 0 aliphatic carbocycles. The smallest absolute Gasteiger partial charge is 0.475 e. The van der Waals surface area contributed by atoms with Gasteiger partial charge in [0.1, 0.15) is 5.82 Å². The average molecular weight is 483 g/mol. The standard InChI is InChI=1S/C21H24FN3O2.C2HF3O2/c22-19-8-6-17(7-9-19)16-25(21(27)18-4-2-1-3-5-18)13-10-20(26)24-14-11-23-12-15-24;3-2(4,5)1(6)7/h1-9,23H,10-16H2;(H,6,7). The predicted octanol–water partition coefficient (Wildman–Crippen LogP) is 2.92. The summed E-state index contributed by atoms with van der Waals surface area (Å²) in [6.45, 7) is 3.66. The Morgan fingerprint density at radius 3 is 2.06 bits per heavy atom. The van der Waals surface area contributed by atoms with E-state index >= 15 is 0 Å². The lowest BCUT2D eigenvalue weighted by Crippen LogP contribution is -2.47. The number of rotatable bonds is 6. The van der Waals surface area contributed by atoms with E-state index in [4.69, 9.17) is 9.90 Å². The van der Waals surface area contributed by atoms with E-state index in [9.17, 15) is 27.2 Å². The first-order chi connectivity index (χ1) is 16.1. The first-order valence-corrected chi connectivity index (χ1v) is 10.5. The third-order valence-corrected chi connectivity index (χ3v) is 4.90. The van der Waals surface area contributed by atoms with Crippen LogP contribution in [-0.4, -0.2) is 71.6 Å². The van der Waals surface area contributed by atoms with E-state index in [-0.39, 0.29) is 24.1 Å². The van der Waals surface area contributed by atoms with E-state index in [1.165, 1.54) is 12.1 Å². The lowest BCUT2D eigenvalue weighted by Gasteiger charge is -2.29. The Morgan fingerprint density at radius 1 is 0.971 bits per heavy atom. The van der Waals surface area contributed by atoms with Gasteiger partial charge in [-0.2, -0.15) is 13.2 Å². The molecular formula is C23H25F4N3O4. The molecule has 3 rings (SSSR count). The Morgan fingerprint density at radius 2 is 1.53 bits per heavy atom. The molecule has 1 saturated heterocycles. The number of carboxylic acids is 1. The molecule has 1 aliphatic rings. The van der Waals surface area contributed by atoms with Gasteiger partial charge >= 0.3 is 12.1 Å². The molecule has 0 radical (unpaired) electrons. The second-order valence-corrected chi connectivity index (χ2v) is 7.40. The van der Waals surface area contributed by atoms with E-state index in [0.717, 1.165) is 18.7 Å². The van der Waals surface area contributed by atoms with Gasteiger partial charge in [0.05, 0.1) is 0 Å². The van der Waals surface area contributed by atoms with Crippen LogP contribution in [0.3, 0.4) is 0 Å². The number of carbonyl (C=O) groups is 3. The van der Waals surface area contributed by atoms with Crippen LogP contribution in [0.2, 0.25) is 0 Å². The molecule has 1 fully saturated rings. The van der Waals surface area contributed by atoms with Gasteiger partial charge in [-0.1, -0.05) is 30.3 Å². The van der Waals surface area contributed by atoms with Gasteiger partial charge in [0, 0.05) is 51.3 Å². The number of nitrogens with zero attached hydrogens (tertiary/aromatic N) is 2. The van der Waals surface area contributed by atoms with Crippen LogP contribution in [0.4, 0.5) is 17.6 Å². The van der Waals surface area contributed by atoms with Gasteiger partial charge in [-0.3, -0.25) is 9.59 Å². The van der Waals surface area contributed by atoms with Crippen molar-refractivity contribution in [3.63, 3.8) is 0 Å². The number of alkyl halides is 3. The van der Waals surface area contributed by atoms with Crippen molar-refractivity contribution in [3.8, 4) is 0 Å². The lowest BCUT2D eigenvalue weighted by atomic mass is 10.1. The molecule has 1 heterocycles. The van der Waals surface area contributed by atoms with Crippen LogP contribution in [0.5, 0.6) is 0 Å². The van der Waals surface area contributed by atoms with Crippen LogP contribution in [-0.2, 0) is 16.1 Å². The number of carboxylic acid groups (broad SMARTS) is 1. The normalized spacial score (nSPS) is 13.5. The van der Waals surface area contributed by atoms with Gasteiger partial charge in [-0.05, 0) is 29.8 Å². The molecule has 0 spiro atoms. The fraction of sp³-hybridized carbons (Fsp3) is 0.348. The van der Waals surface area contributed by atoms with E-state index in [1.54, 1.807) is 29.2 Å². The van der Waals surface area contributed by atoms with Gasteiger partial charge < -0.3 is 20.2 Å². The molecular weight excluding hydrogens is 458 g/mol. The summed E-state index contributed by atoms with van der Waals surface area (Å²) in [6, 6.07) is 15.1. The maximum atomic E-state index is 13.2. The number of hydrogen-bond acceptors (Lipinski definition) is 4. The van der Waals surface area contributed by atoms with E-state index < -0.39 is 12.1 Å². The van der Waals surface area contributed by atoms with Crippen molar-refractivity contribution in [3.05, 3.63) is 71.5 Å². The maximum absolute atomic E-state index is 13.2. The number of halogens is 4. The molecule has 2 aromatic rings. The summed E-state index contributed by atoms with van der Waals surface area (Å²) in [7, 11) is 0. The molecule has 2 N–H and O–H groups in total. The summed E-state index contributed by atoms with van der Waals surface area (Å²) < 4.78 is 44.9. The third kappa shape index (κ3) is 8.81. The van der Waals surface area contributed by atoms with Crippen molar-refractivity contribution in [2.45, 2.75) is 19.1 Å². The van der Waals surface area contributed by atoms with Crippen LogP contribution in [0, 0.1) is 5.82 Å². The number of hydrogen-bond donors (Lipinski definition) is 2. The van der Waals surface area contributed by atoms with E-state index in [0.29, 0.717) is 31.7 Å². The average Bonchev–Trinajstić information content (AvgIpc) is 2.83. The van der Waals surface area contributed by atoms with Crippen LogP contribution in [0.25, 0.3) is 0 Å². The van der Waals surface area contributed by atoms with E-state index in [1.807, 2.05) is 23.1 Å². The topological polar surface area (TPSA) is 90.0 Å². The van der Waals surface area contributed by atoms with E-state index in [2.05, 4.69) is 5.32 Å². The highest BCUT2D eigenvalue weighted by Crippen LogP contribution is 2.14. The summed E-state index contributed by atoms with van der Waals surface area (Å²) in [4.78, 5) is 37.8. The number of carbonyl (C=O) groups excluding carboxylic acids is 2. The zero-order valence-electron chi connectivity index (χ0n) is 18.2. The zero-order chi connectivity index (χ0) is 25.1. The minimum absolute atomic E-state index is 0.0569. The van der Waals surface area contributed by atoms with Crippen LogP contribution >= 0.6 is 0 Å². The molecule has 2 amide bonds. The largest absolute Gasteiger partial charge is 0.490 e. The van der Waals surface area contributed by atoms with Crippen LogP contribution in [0.15, 0.2) is 54.6 Å². The molecule has 0 bridgehead atoms. The molecule has 34 heavy (non-hydrogen) atoms. The monoisotopic (exact) mass is 483 g/mol. The van der Waals surface area contributed by atoms with Crippen LogP contribution < -0.4 is 5.32 Å². The summed E-state index contributed by atoms with van der Waals surface area (Å²) >= 11 is 0. The van der Waals surface area contributed by atoms with Crippen molar-refractivity contribution in [1.29, 1.82) is 0 Å². The fourth-order valence-electron chi connectivity index (χ4n) is 3.13. The zero-order valence-corrected chi connectivity index (χ0v) is 18.2. The summed E-state index contributed by atoms with van der Waals surface area (Å²) in [6.07, 6.45) is -4.81. The predicted molar refractivity (Wildman–Crippen MR) is 115 cm³/mol. The molecule has 7 nitrogen and oxygen atoms in total. The molecule has 0 saturated carbocycles. The number of nitrogens with one attached hydrogen (secondary N) is 1. The van der Waals surface area contributed by atoms with Gasteiger partial charge in [-0.15, -0.1) is 0 Å². The molecule has 2 aromatic carbocycles. The third-order valence-electron chi connectivity index (χ3n) is 4.90. The summed E-state index contributed by atoms with van der Waals surface area (Å²) in [5.74, 6) is -3.14. The lowest BCUT2D eigenvalue weighted by molar-refractivity contribution is -0.192. The second kappa shape index (κ2) is 12.7. The highest BCUT2D eigenvalue weighted by molar-refractivity contribution is 5.94. The molecule has 0 atom stereocenters. The Balaban J connectivity index is 0.000000509. The van der Waals surface area contributed by atoms with Gasteiger partial charge in [0.25, 0.3) is 5.91 Å². The number of amides is 2. The van der Waals surface area contributed by atoms with Crippen molar-refractivity contribution in [2.24, 2.45) is 0 Å². The number of benzene rings is 2. The minimum Gasteiger partial charge on any atom is -0.475 e. The highest BCUT2D eigenvalue weighted by Gasteiger charge is 2.38. The minimum atomic E-state index is -5.08. The number of aliphatic carboxylic acids is 1. The summed E-state index contributed by atoms with van der Waals surface area (Å²) in [5, 5.41) is 10.3. The molecule has 11 heteroatoms. The Labute approximate surface area is 194 Å². The van der Waals surface area contributed by atoms with Gasteiger partial charge in [-0.25, -0.2) is 9.18 Å². The Bertz CT molecular complexity index is 947.